The number of benzene rings is 2. The molecule has 0 aliphatic carbocycles. The van der Waals surface area contributed by atoms with Gasteiger partial charge in [-0.2, -0.15) is 0 Å². The first kappa shape index (κ1) is 18.1. The Morgan fingerprint density at radius 2 is 1.58 bits per heavy atom. The number of aryl methyl sites for hydroxylation is 1. The monoisotopic (exact) mass is 322 g/mol. The Balaban J connectivity index is 2.65. The van der Waals surface area contributed by atoms with Gasteiger partial charge in [-0.1, -0.05) is 69.3 Å². The van der Waals surface area contributed by atoms with E-state index in [1.54, 1.807) is 0 Å². The van der Waals surface area contributed by atoms with Crippen molar-refractivity contribution in [1.29, 1.82) is 0 Å². The van der Waals surface area contributed by atoms with E-state index in [0.717, 1.165) is 36.3 Å². The molecule has 0 saturated carbocycles. The number of nitrogens with one attached hydrogen (secondary N) is 1. The van der Waals surface area contributed by atoms with Gasteiger partial charge in [0.25, 0.3) is 0 Å². The second-order valence-electron chi connectivity index (χ2n) is 6.23. The van der Waals surface area contributed by atoms with E-state index < -0.39 is 0 Å². The molecule has 3 N–H and O–H groups in total. The highest BCUT2D eigenvalue weighted by Crippen LogP contribution is 2.30. The highest BCUT2D eigenvalue weighted by Gasteiger charge is 2.16. The molecule has 2 nitrogen and oxygen atoms in total. The summed E-state index contributed by atoms with van der Waals surface area (Å²) in [6.07, 6.45) is 2.09. The molecule has 0 bridgehead atoms. The van der Waals surface area contributed by atoms with Gasteiger partial charge < -0.3 is 11.1 Å². The second kappa shape index (κ2) is 8.58. The van der Waals surface area contributed by atoms with Gasteiger partial charge >= 0.3 is 0 Å². The highest BCUT2D eigenvalue weighted by atomic mass is 14.9. The van der Waals surface area contributed by atoms with Gasteiger partial charge in [0.05, 0.1) is 11.4 Å². The molecule has 0 aliphatic rings. The Kier molecular flexibility index (Phi) is 6.48. The van der Waals surface area contributed by atoms with Gasteiger partial charge in [-0.25, -0.2) is 0 Å². The number of hydrogen-bond donors (Lipinski definition) is 2. The van der Waals surface area contributed by atoms with Crippen molar-refractivity contribution in [3.8, 4) is 0 Å². The van der Waals surface area contributed by atoms with Gasteiger partial charge in [-0.15, -0.1) is 0 Å². The average molecular weight is 322 g/mol. The summed E-state index contributed by atoms with van der Waals surface area (Å²) < 4.78 is 0. The molecule has 1 unspecified atom stereocenters. The predicted octanol–water partition coefficient (Wildman–Crippen LogP) is 5.16. The van der Waals surface area contributed by atoms with Gasteiger partial charge in [0.1, 0.15) is 0 Å². The minimum atomic E-state index is 0.490. The van der Waals surface area contributed by atoms with E-state index in [4.69, 9.17) is 5.73 Å². The molecule has 2 aromatic rings. The summed E-state index contributed by atoms with van der Waals surface area (Å²) in [5.41, 5.74) is 13.6. The van der Waals surface area contributed by atoms with Gasteiger partial charge in [0.2, 0.25) is 0 Å². The first-order valence-corrected chi connectivity index (χ1v) is 9.05. The predicted molar refractivity (Wildman–Crippen MR) is 106 cm³/mol. The largest absolute Gasteiger partial charge is 0.397 e. The molecule has 2 aromatic carbocycles. The summed E-state index contributed by atoms with van der Waals surface area (Å²) in [5, 5.41) is 3.51. The SMILES string of the molecule is CCN/C(=C(\N)c1ccccc1C(C)CC)c1ccccc1CC. The third-order valence-corrected chi connectivity index (χ3v) is 4.68. The standard InChI is InChI=1S/C22H30N2/c1-5-16(4)18-13-10-11-15-20(18)21(23)22(24-7-3)19-14-9-8-12-17(19)6-2/h8-16,24H,5-7,23H2,1-4H3/b22-21-. The van der Waals surface area contributed by atoms with Gasteiger partial charge in [0.15, 0.2) is 0 Å². The van der Waals surface area contributed by atoms with E-state index in [-0.39, 0.29) is 0 Å². The molecular formula is C22H30N2. The fourth-order valence-electron chi connectivity index (χ4n) is 3.11. The zero-order valence-corrected chi connectivity index (χ0v) is 15.4. The first-order valence-electron chi connectivity index (χ1n) is 9.05. The zero-order chi connectivity index (χ0) is 17.5. The first-order chi connectivity index (χ1) is 11.6. The minimum Gasteiger partial charge on any atom is -0.397 e. The van der Waals surface area contributed by atoms with Crippen molar-refractivity contribution in [3.05, 3.63) is 70.8 Å². The van der Waals surface area contributed by atoms with Crippen molar-refractivity contribution in [3.63, 3.8) is 0 Å². The van der Waals surface area contributed by atoms with Crippen LogP contribution in [-0.2, 0) is 6.42 Å². The third kappa shape index (κ3) is 3.81. The molecule has 2 heteroatoms. The average Bonchev–Trinajstić information content (AvgIpc) is 2.65. The molecule has 24 heavy (non-hydrogen) atoms. The molecule has 0 aliphatic heterocycles. The molecule has 0 spiro atoms. The van der Waals surface area contributed by atoms with Crippen LogP contribution in [0.4, 0.5) is 0 Å². The number of hydrogen-bond acceptors (Lipinski definition) is 2. The van der Waals surface area contributed by atoms with Crippen LogP contribution in [0, 0.1) is 0 Å². The summed E-state index contributed by atoms with van der Waals surface area (Å²) >= 11 is 0. The normalized spacial score (nSPS) is 13.3. The quantitative estimate of drug-likeness (QED) is 0.691. The van der Waals surface area contributed by atoms with Crippen molar-refractivity contribution in [2.45, 2.75) is 46.5 Å². The van der Waals surface area contributed by atoms with Crippen LogP contribution in [0.5, 0.6) is 0 Å². The van der Waals surface area contributed by atoms with E-state index in [1.165, 1.54) is 16.7 Å². The lowest BCUT2D eigenvalue weighted by Crippen LogP contribution is -2.18. The van der Waals surface area contributed by atoms with Crippen molar-refractivity contribution >= 4 is 11.4 Å². The third-order valence-electron chi connectivity index (χ3n) is 4.68. The Hall–Kier alpha value is -2.22. The maximum atomic E-state index is 6.69. The fourth-order valence-corrected chi connectivity index (χ4v) is 3.11. The van der Waals surface area contributed by atoms with Gasteiger partial charge in [-0.05, 0) is 36.8 Å². The van der Waals surface area contributed by atoms with Crippen LogP contribution < -0.4 is 11.1 Å². The molecule has 0 aromatic heterocycles. The Bertz CT molecular complexity index is 701. The molecule has 0 amide bonds. The van der Waals surface area contributed by atoms with E-state index >= 15 is 0 Å². The maximum Gasteiger partial charge on any atom is 0.0656 e. The fraction of sp³-hybridized carbons (Fsp3) is 0.364. The smallest absolute Gasteiger partial charge is 0.0656 e. The summed E-state index contributed by atoms with van der Waals surface area (Å²) in [7, 11) is 0. The lowest BCUT2D eigenvalue weighted by molar-refractivity contribution is 0.731. The summed E-state index contributed by atoms with van der Waals surface area (Å²) in [4.78, 5) is 0. The van der Waals surface area contributed by atoms with Crippen LogP contribution in [0.15, 0.2) is 48.5 Å². The molecule has 2 rings (SSSR count). The molecule has 0 fully saturated rings. The van der Waals surface area contributed by atoms with Crippen LogP contribution in [0.1, 0.15) is 62.3 Å². The Morgan fingerprint density at radius 1 is 0.958 bits per heavy atom. The molecule has 0 radical (unpaired) electrons. The summed E-state index contributed by atoms with van der Waals surface area (Å²) in [6, 6.07) is 17.0. The van der Waals surface area contributed by atoms with Crippen LogP contribution in [0.3, 0.4) is 0 Å². The maximum absolute atomic E-state index is 6.69. The number of rotatable bonds is 7. The lowest BCUT2D eigenvalue weighted by atomic mass is 9.90. The van der Waals surface area contributed by atoms with Crippen LogP contribution in [0.2, 0.25) is 0 Å². The molecule has 1 atom stereocenters. The second-order valence-corrected chi connectivity index (χ2v) is 6.23. The van der Waals surface area contributed by atoms with E-state index in [0.29, 0.717) is 5.92 Å². The van der Waals surface area contributed by atoms with Crippen LogP contribution in [-0.4, -0.2) is 6.54 Å². The van der Waals surface area contributed by atoms with E-state index in [1.807, 2.05) is 0 Å². The molecule has 0 saturated heterocycles. The minimum absolute atomic E-state index is 0.490. The van der Waals surface area contributed by atoms with Crippen LogP contribution in [0.25, 0.3) is 11.4 Å². The molecule has 128 valence electrons. The zero-order valence-electron chi connectivity index (χ0n) is 15.4. The Morgan fingerprint density at radius 3 is 2.21 bits per heavy atom. The van der Waals surface area contributed by atoms with Crippen molar-refractivity contribution in [2.75, 3.05) is 6.54 Å². The lowest BCUT2D eigenvalue weighted by Gasteiger charge is -2.20. The molecular weight excluding hydrogens is 292 g/mol. The molecule has 0 heterocycles. The van der Waals surface area contributed by atoms with Crippen molar-refractivity contribution in [2.24, 2.45) is 5.73 Å². The number of nitrogens with two attached hydrogens (primary N) is 1. The summed E-state index contributed by atoms with van der Waals surface area (Å²) in [5.74, 6) is 0.490. The van der Waals surface area contributed by atoms with Crippen molar-refractivity contribution in [1.82, 2.24) is 5.32 Å². The topological polar surface area (TPSA) is 38.0 Å². The van der Waals surface area contributed by atoms with Crippen molar-refractivity contribution < 1.29 is 0 Å². The van der Waals surface area contributed by atoms with Gasteiger partial charge in [-0.3, -0.25) is 0 Å². The van der Waals surface area contributed by atoms with E-state index in [2.05, 4.69) is 81.5 Å². The highest BCUT2D eigenvalue weighted by molar-refractivity contribution is 5.90. The summed E-state index contributed by atoms with van der Waals surface area (Å²) in [6.45, 7) is 9.63. The van der Waals surface area contributed by atoms with E-state index in [9.17, 15) is 0 Å². The van der Waals surface area contributed by atoms with Gasteiger partial charge in [0, 0.05) is 17.7 Å². The Labute approximate surface area is 146 Å². The van der Waals surface area contributed by atoms with Crippen LogP contribution >= 0.6 is 0 Å².